The summed E-state index contributed by atoms with van der Waals surface area (Å²) in [6.07, 6.45) is 5.00. The summed E-state index contributed by atoms with van der Waals surface area (Å²) in [5.41, 5.74) is 2.03. The molecular weight excluding hydrogens is 360 g/mol. The van der Waals surface area contributed by atoms with Crippen LogP contribution in [0.5, 0.6) is 0 Å². The summed E-state index contributed by atoms with van der Waals surface area (Å²) >= 11 is 0. The van der Waals surface area contributed by atoms with Gasteiger partial charge in [0.1, 0.15) is 24.6 Å². The second-order valence-corrected chi connectivity index (χ2v) is 7.01. The van der Waals surface area contributed by atoms with E-state index in [1.165, 1.54) is 0 Å². The molecule has 1 saturated heterocycles. The summed E-state index contributed by atoms with van der Waals surface area (Å²) in [4.78, 5) is 36.6. The van der Waals surface area contributed by atoms with Gasteiger partial charge in [-0.3, -0.25) is 4.79 Å². The third-order valence-corrected chi connectivity index (χ3v) is 5.09. The van der Waals surface area contributed by atoms with Gasteiger partial charge in [0.2, 0.25) is 0 Å². The summed E-state index contributed by atoms with van der Waals surface area (Å²) in [6, 6.07) is 0. The first-order valence-corrected chi connectivity index (χ1v) is 9.51. The number of hydrogen-bond acceptors (Lipinski definition) is 6. The average molecular weight is 388 g/mol. The number of allylic oxidation sites excluding steroid dienone is 3. The van der Waals surface area contributed by atoms with E-state index in [1.807, 2.05) is 13.0 Å². The van der Waals surface area contributed by atoms with Crippen LogP contribution in [0.2, 0.25) is 0 Å². The molecule has 0 aromatic rings. The zero-order valence-corrected chi connectivity index (χ0v) is 16.9. The van der Waals surface area contributed by atoms with E-state index in [4.69, 9.17) is 14.2 Å². The van der Waals surface area contributed by atoms with Crippen molar-refractivity contribution >= 4 is 18.2 Å². The number of carbonyl (C=O) groups is 3. The molecule has 6 nitrogen and oxygen atoms in total. The Morgan fingerprint density at radius 1 is 1.43 bits per heavy atom. The van der Waals surface area contributed by atoms with Crippen molar-refractivity contribution in [2.75, 3.05) is 6.61 Å². The Morgan fingerprint density at radius 3 is 2.75 bits per heavy atom. The molecule has 0 unspecified atom stereocenters. The van der Waals surface area contributed by atoms with Crippen molar-refractivity contribution in [2.45, 2.75) is 58.8 Å². The van der Waals surface area contributed by atoms with Crippen LogP contribution < -0.4 is 0 Å². The summed E-state index contributed by atoms with van der Waals surface area (Å²) in [6.45, 7) is 11.3. The van der Waals surface area contributed by atoms with Crippen LogP contribution in [0.1, 0.15) is 40.5 Å². The second kappa shape index (κ2) is 9.64. The smallest absolute Gasteiger partial charge is 0.334 e. The second-order valence-electron chi connectivity index (χ2n) is 7.01. The molecule has 0 radical (unpaired) electrons. The Balaban J connectivity index is 2.59. The van der Waals surface area contributed by atoms with Crippen LogP contribution in [-0.4, -0.2) is 43.1 Å². The lowest BCUT2D eigenvalue weighted by molar-refractivity contribution is -0.156. The number of fused-ring (bicyclic) bond motifs is 1. The van der Waals surface area contributed by atoms with E-state index >= 15 is 0 Å². The third-order valence-electron chi connectivity index (χ3n) is 5.09. The van der Waals surface area contributed by atoms with E-state index in [9.17, 15) is 14.4 Å². The minimum absolute atomic E-state index is 0.209. The van der Waals surface area contributed by atoms with E-state index in [0.717, 1.165) is 11.9 Å². The molecule has 1 heterocycles. The third kappa shape index (κ3) is 4.68. The highest BCUT2D eigenvalue weighted by molar-refractivity contribution is 5.92. The number of esters is 2. The van der Waals surface area contributed by atoms with Crippen LogP contribution in [0.15, 0.2) is 47.1 Å². The Morgan fingerprint density at radius 2 is 2.14 bits per heavy atom. The molecule has 28 heavy (non-hydrogen) atoms. The number of aldehydes is 1. The molecule has 1 aliphatic carbocycles. The molecule has 4 atom stereocenters. The summed E-state index contributed by atoms with van der Waals surface area (Å²) < 4.78 is 17.1. The van der Waals surface area contributed by atoms with E-state index < -0.39 is 36.2 Å². The Bertz CT molecular complexity index is 742. The number of rotatable bonds is 5. The predicted octanol–water partition coefficient (Wildman–Crippen LogP) is 3.23. The molecule has 0 aromatic carbocycles. The van der Waals surface area contributed by atoms with Gasteiger partial charge in [0.15, 0.2) is 0 Å². The Labute approximate surface area is 165 Å². The molecule has 0 N–H and O–H groups in total. The van der Waals surface area contributed by atoms with Crippen molar-refractivity contribution in [2.24, 2.45) is 5.92 Å². The van der Waals surface area contributed by atoms with Crippen molar-refractivity contribution in [1.82, 2.24) is 0 Å². The molecule has 0 saturated carbocycles. The highest BCUT2D eigenvalue weighted by Crippen LogP contribution is 2.37. The fraction of sp³-hybridized carbons (Fsp3) is 0.500. The first-order chi connectivity index (χ1) is 13.3. The standard InChI is InChI=1S/C22H28O6/c1-6-14(4)21(24)28-20-18-15(5)22(25)27-17(18)11-13(3)9-8-10-16(12-23)19(20)26-7-2/h6,10-12,17-20H,5,7-9H2,1-4H3/b13-11+,14-6+,16-10-/t17-,18+,19+,20+/m1/s1. The zero-order valence-electron chi connectivity index (χ0n) is 16.9. The molecule has 1 aliphatic heterocycles. The minimum atomic E-state index is -0.926. The van der Waals surface area contributed by atoms with Gasteiger partial charge in [-0.25, -0.2) is 9.59 Å². The zero-order chi connectivity index (χ0) is 20.8. The maximum atomic E-state index is 12.6. The van der Waals surface area contributed by atoms with Crippen LogP contribution in [0.25, 0.3) is 0 Å². The fourth-order valence-corrected chi connectivity index (χ4v) is 3.41. The van der Waals surface area contributed by atoms with Crippen LogP contribution in [-0.2, 0) is 28.6 Å². The SMILES string of the molecule is C=C1C(=O)O[C@@H]2/C=C(\C)CC/C=C(/C=O)[C@H](OCC)[C@@H](OC(=O)/C(C)=C/C)[C@@H]12. The van der Waals surface area contributed by atoms with Crippen LogP contribution in [0, 0.1) is 5.92 Å². The number of hydrogen-bond donors (Lipinski definition) is 0. The van der Waals surface area contributed by atoms with Gasteiger partial charge in [-0.2, -0.15) is 0 Å². The lowest BCUT2D eigenvalue weighted by atomic mass is 9.83. The summed E-state index contributed by atoms with van der Waals surface area (Å²) in [7, 11) is 0. The van der Waals surface area contributed by atoms with E-state index in [2.05, 4.69) is 6.58 Å². The molecule has 0 amide bonds. The molecule has 2 aliphatic rings. The minimum Gasteiger partial charge on any atom is -0.455 e. The van der Waals surface area contributed by atoms with Crippen molar-refractivity contribution in [3.8, 4) is 0 Å². The van der Waals surface area contributed by atoms with Crippen molar-refractivity contribution < 1.29 is 28.6 Å². The topological polar surface area (TPSA) is 78.9 Å². The summed E-state index contributed by atoms with van der Waals surface area (Å²) in [5, 5.41) is 0. The highest BCUT2D eigenvalue weighted by atomic mass is 16.6. The van der Waals surface area contributed by atoms with Crippen molar-refractivity contribution in [3.05, 3.63) is 47.1 Å². The first kappa shape index (κ1) is 21.8. The van der Waals surface area contributed by atoms with E-state index in [1.54, 1.807) is 32.9 Å². The van der Waals surface area contributed by atoms with Gasteiger partial charge in [-0.1, -0.05) is 24.3 Å². The lowest BCUT2D eigenvalue weighted by Crippen LogP contribution is -2.44. The summed E-state index contributed by atoms with van der Waals surface area (Å²) in [5.74, 6) is -1.71. The predicted molar refractivity (Wildman–Crippen MR) is 104 cm³/mol. The van der Waals surface area contributed by atoms with Gasteiger partial charge < -0.3 is 14.2 Å². The largest absolute Gasteiger partial charge is 0.455 e. The number of ether oxygens (including phenoxy) is 3. The molecule has 152 valence electrons. The van der Waals surface area contributed by atoms with E-state index in [-0.39, 0.29) is 5.57 Å². The molecule has 1 fully saturated rings. The first-order valence-electron chi connectivity index (χ1n) is 9.51. The van der Waals surface area contributed by atoms with E-state index in [0.29, 0.717) is 30.6 Å². The van der Waals surface area contributed by atoms with Crippen molar-refractivity contribution in [3.63, 3.8) is 0 Å². The van der Waals surface area contributed by atoms with Crippen LogP contribution in [0.3, 0.4) is 0 Å². The molecule has 0 spiro atoms. The highest BCUT2D eigenvalue weighted by Gasteiger charge is 2.48. The number of carbonyl (C=O) groups excluding carboxylic acids is 3. The van der Waals surface area contributed by atoms with Gasteiger partial charge >= 0.3 is 11.9 Å². The monoisotopic (exact) mass is 388 g/mol. The van der Waals surface area contributed by atoms with Crippen molar-refractivity contribution in [1.29, 1.82) is 0 Å². The average Bonchev–Trinajstić information content (AvgIpc) is 2.94. The Kier molecular flexibility index (Phi) is 7.52. The van der Waals surface area contributed by atoms with Gasteiger partial charge in [0.25, 0.3) is 0 Å². The van der Waals surface area contributed by atoms with Crippen LogP contribution >= 0.6 is 0 Å². The van der Waals surface area contributed by atoms with Gasteiger partial charge in [-0.05, 0) is 46.6 Å². The molecule has 6 heteroatoms. The maximum absolute atomic E-state index is 12.6. The molecule has 0 bridgehead atoms. The van der Waals surface area contributed by atoms with Gasteiger partial charge in [-0.15, -0.1) is 0 Å². The molecule has 0 aromatic heterocycles. The quantitative estimate of drug-likeness (QED) is 0.311. The molecular formula is C22H28O6. The normalized spacial score (nSPS) is 32.4. The Hall–Kier alpha value is -2.47. The molecule has 2 rings (SSSR count). The van der Waals surface area contributed by atoms with Crippen LogP contribution in [0.4, 0.5) is 0 Å². The van der Waals surface area contributed by atoms with Gasteiger partial charge in [0, 0.05) is 23.3 Å². The fourth-order valence-electron chi connectivity index (χ4n) is 3.41. The maximum Gasteiger partial charge on any atom is 0.334 e. The lowest BCUT2D eigenvalue weighted by Gasteiger charge is -2.33. The van der Waals surface area contributed by atoms with Gasteiger partial charge in [0.05, 0.1) is 5.92 Å².